The molecule has 2 N–H and O–H groups in total. The van der Waals surface area contributed by atoms with Crippen molar-refractivity contribution in [2.75, 3.05) is 7.11 Å². The third-order valence-electron chi connectivity index (χ3n) is 4.57. The highest BCUT2D eigenvalue weighted by atomic mass is 32.1. The van der Waals surface area contributed by atoms with E-state index in [4.69, 9.17) is 9.47 Å². The summed E-state index contributed by atoms with van der Waals surface area (Å²) in [5, 5.41) is 7.59. The predicted octanol–water partition coefficient (Wildman–Crippen LogP) is 2.57. The Balaban J connectivity index is 1.42. The van der Waals surface area contributed by atoms with Crippen molar-refractivity contribution in [1.82, 2.24) is 15.6 Å². The van der Waals surface area contributed by atoms with Crippen LogP contribution in [0.1, 0.15) is 29.1 Å². The second-order valence-electron chi connectivity index (χ2n) is 6.10. The average Bonchev–Trinajstić information content (AvgIpc) is 3.32. The summed E-state index contributed by atoms with van der Waals surface area (Å²) in [5.74, 6) is 1.12. The molecule has 0 saturated carbocycles. The van der Waals surface area contributed by atoms with Gasteiger partial charge in [0.2, 0.25) is 5.06 Å². The number of carbonyl (C=O) groups excluding carboxylic acids is 1. The van der Waals surface area contributed by atoms with E-state index >= 15 is 0 Å². The van der Waals surface area contributed by atoms with Gasteiger partial charge in [-0.15, -0.1) is 0 Å². The second kappa shape index (κ2) is 6.41. The highest BCUT2D eigenvalue weighted by Gasteiger charge is 2.39. The molecule has 1 aromatic heterocycles. The summed E-state index contributed by atoms with van der Waals surface area (Å²) in [6, 6.07) is 8.56. The van der Waals surface area contributed by atoms with Gasteiger partial charge in [-0.3, -0.25) is 4.79 Å². The summed E-state index contributed by atoms with van der Waals surface area (Å²) in [4.78, 5) is 16.6. The van der Waals surface area contributed by atoms with E-state index in [0.29, 0.717) is 33.7 Å². The highest BCUT2D eigenvalue weighted by Crippen LogP contribution is 2.34. The van der Waals surface area contributed by atoms with Gasteiger partial charge in [-0.05, 0) is 31.4 Å². The van der Waals surface area contributed by atoms with Gasteiger partial charge < -0.3 is 20.1 Å². The van der Waals surface area contributed by atoms with E-state index in [1.165, 1.54) is 17.8 Å². The maximum atomic E-state index is 12.4. The molecule has 2 aliphatic heterocycles. The predicted molar refractivity (Wildman–Crippen MR) is 91.0 cm³/mol. The fourth-order valence-corrected chi connectivity index (χ4v) is 4.12. The van der Waals surface area contributed by atoms with E-state index in [0.717, 1.165) is 12.8 Å². The summed E-state index contributed by atoms with van der Waals surface area (Å²) in [6.07, 6.45) is 4.93. The minimum Gasteiger partial charge on any atom is -0.493 e. The molecule has 2 aromatic rings. The quantitative estimate of drug-likeness (QED) is 0.871. The molecule has 126 valence electrons. The fraction of sp³-hybridized carbons (Fsp3) is 0.412. The van der Waals surface area contributed by atoms with Gasteiger partial charge in [0.05, 0.1) is 13.3 Å². The Morgan fingerprint density at radius 1 is 1.33 bits per heavy atom. The zero-order valence-corrected chi connectivity index (χ0v) is 14.1. The number of benzene rings is 1. The van der Waals surface area contributed by atoms with Crippen LogP contribution in [0, 0.1) is 0 Å². The lowest BCUT2D eigenvalue weighted by Crippen LogP contribution is -2.42. The van der Waals surface area contributed by atoms with Gasteiger partial charge in [-0.25, -0.2) is 4.98 Å². The van der Waals surface area contributed by atoms with E-state index in [1.807, 2.05) is 24.3 Å². The van der Waals surface area contributed by atoms with Crippen LogP contribution < -0.4 is 20.1 Å². The number of aromatic nitrogens is 1. The molecule has 24 heavy (non-hydrogen) atoms. The van der Waals surface area contributed by atoms with Crippen molar-refractivity contribution in [2.24, 2.45) is 0 Å². The smallest absolute Gasteiger partial charge is 0.280 e. The summed E-state index contributed by atoms with van der Waals surface area (Å²) in [5.41, 5.74) is 0. The number of para-hydroxylation sites is 2. The van der Waals surface area contributed by atoms with Gasteiger partial charge in [0.25, 0.3) is 5.91 Å². The van der Waals surface area contributed by atoms with Crippen LogP contribution in [0.4, 0.5) is 0 Å². The lowest BCUT2D eigenvalue weighted by molar-refractivity contribution is 0.0930. The number of nitrogens with zero attached hydrogens (tertiary/aromatic N) is 1. The molecule has 1 amide bonds. The topological polar surface area (TPSA) is 72.5 Å². The second-order valence-corrected chi connectivity index (χ2v) is 7.09. The number of thiazole rings is 1. The maximum absolute atomic E-state index is 12.4. The van der Waals surface area contributed by atoms with Crippen molar-refractivity contribution in [1.29, 1.82) is 0 Å². The molecular weight excluding hydrogens is 326 g/mol. The monoisotopic (exact) mass is 345 g/mol. The fourth-order valence-electron chi connectivity index (χ4n) is 3.44. The number of carbonyl (C=O) groups is 1. The van der Waals surface area contributed by atoms with E-state index in [9.17, 15) is 4.79 Å². The van der Waals surface area contributed by atoms with E-state index in [1.54, 1.807) is 13.3 Å². The van der Waals surface area contributed by atoms with E-state index in [2.05, 4.69) is 15.6 Å². The van der Waals surface area contributed by atoms with Crippen LogP contribution in [0.5, 0.6) is 16.6 Å². The largest absolute Gasteiger partial charge is 0.493 e. The molecule has 0 spiro atoms. The summed E-state index contributed by atoms with van der Waals surface area (Å²) < 4.78 is 11.1. The molecule has 3 unspecified atom stereocenters. The first-order chi connectivity index (χ1) is 11.7. The number of methoxy groups -OCH3 is 1. The Morgan fingerprint density at radius 2 is 2.17 bits per heavy atom. The first-order valence-corrected chi connectivity index (χ1v) is 8.88. The van der Waals surface area contributed by atoms with Gasteiger partial charge in [0.15, 0.2) is 16.5 Å². The van der Waals surface area contributed by atoms with Crippen molar-refractivity contribution in [3.05, 3.63) is 35.5 Å². The third kappa shape index (κ3) is 2.97. The Labute approximate surface area is 144 Å². The molecule has 3 heterocycles. The number of hydrogen-bond donors (Lipinski definition) is 2. The number of rotatable bonds is 5. The highest BCUT2D eigenvalue weighted by molar-refractivity contribution is 7.15. The van der Waals surface area contributed by atoms with Crippen LogP contribution in [-0.4, -0.2) is 36.1 Å². The number of hydrogen-bond acceptors (Lipinski definition) is 6. The third-order valence-corrected chi connectivity index (χ3v) is 5.45. The molecule has 1 aromatic carbocycles. The Kier molecular flexibility index (Phi) is 4.12. The molecule has 7 heteroatoms. The van der Waals surface area contributed by atoms with Gasteiger partial charge in [-0.1, -0.05) is 23.5 Å². The molecule has 0 radical (unpaired) electrons. The number of amides is 1. The molecule has 2 saturated heterocycles. The lowest BCUT2D eigenvalue weighted by Gasteiger charge is -2.20. The molecule has 2 fully saturated rings. The Bertz CT molecular complexity index is 748. The normalized spacial score (nSPS) is 24.8. The van der Waals surface area contributed by atoms with Crippen LogP contribution >= 0.6 is 11.3 Å². The van der Waals surface area contributed by atoms with Gasteiger partial charge in [-0.2, -0.15) is 0 Å². The van der Waals surface area contributed by atoms with Crippen LogP contribution in [0.15, 0.2) is 30.5 Å². The molecule has 4 rings (SSSR count). The van der Waals surface area contributed by atoms with Crippen LogP contribution in [-0.2, 0) is 0 Å². The summed E-state index contributed by atoms with van der Waals surface area (Å²) in [6.45, 7) is 0. The number of fused-ring (bicyclic) bond motifs is 2. The van der Waals surface area contributed by atoms with Gasteiger partial charge in [0, 0.05) is 18.1 Å². The zero-order chi connectivity index (χ0) is 16.5. The molecule has 2 aliphatic rings. The molecule has 0 aliphatic carbocycles. The number of ether oxygens (including phenoxy) is 2. The first kappa shape index (κ1) is 15.4. The van der Waals surface area contributed by atoms with Gasteiger partial charge >= 0.3 is 0 Å². The van der Waals surface area contributed by atoms with Crippen molar-refractivity contribution in [3.63, 3.8) is 0 Å². The maximum Gasteiger partial charge on any atom is 0.280 e. The minimum absolute atomic E-state index is 0.130. The molecule has 2 bridgehead atoms. The van der Waals surface area contributed by atoms with E-state index < -0.39 is 0 Å². The van der Waals surface area contributed by atoms with Crippen LogP contribution in [0.3, 0.4) is 0 Å². The van der Waals surface area contributed by atoms with Crippen LogP contribution in [0.25, 0.3) is 0 Å². The van der Waals surface area contributed by atoms with Crippen LogP contribution in [0.2, 0.25) is 0 Å². The van der Waals surface area contributed by atoms with Crippen molar-refractivity contribution in [2.45, 2.75) is 37.4 Å². The van der Waals surface area contributed by atoms with Crippen molar-refractivity contribution in [3.8, 4) is 16.6 Å². The molecule has 3 atom stereocenters. The lowest BCUT2D eigenvalue weighted by atomic mass is 9.95. The van der Waals surface area contributed by atoms with E-state index in [-0.39, 0.29) is 11.9 Å². The first-order valence-electron chi connectivity index (χ1n) is 8.06. The Hall–Kier alpha value is -2.12. The Morgan fingerprint density at radius 3 is 2.88 bits per heavy atom. The summed E-state index contributed by atoms with van der Waals surface area (Å²) >= 11 is 1.24. The summed E-state index contributed by atoms with van der Waals surface area (Å²) in [7, 11) is 1.59. The zero-order valence-electron chi connectivity index (χ0n) is 13.3. The standard InChI is InChI=1S/C17H19N3O3S/c1-22-13-4-2-3-5-14(13)23-15-9-18-17(24-15)16(21)20-12-8-10-6-7-11(12)19-10/h2-5,9-12,19H,6-8H2,1H3,(H,20,21). The molecular formula is C17H19N3O3S. The van der Waals surface area contributed by atoms with Crippen molar-refractivity contribution >= 4 is 17.2 Å². The SMILES string of the molecule is COc1ccccc1Oc1cnc(C(=O)NC2CC3CCC2N3)s1. The minimum atomic E-state index is -0.130. The van der Waals surface area contributed by atoms with Gasteiger partial charge in [0.1, 0.15) is 0 Å². The van der Waals surface area contributed by atoms with Crippen molar-refractivity contribution < 1.29 is 14.3 Å². The number of nitrogens with one attached hydrogen (secondary N) is 2. The molecule has 6 nitrogen and oxygen atoms in total. The average molecular weight is 345 g/mol.